The molecule has 3 unspecified atom stereocenters. The zero-order valence-electron chi connectivity index (χ0n) is 12.4. The molecule has 0 bridgehead atoms. The molecule has 0 aromatic rings. The fraction of sp³-hybridized carbons (Fsp3) is 0.875. The molecule has 0 aromatic heterocycles. The van der Waals surface area contributed by atoms with Gasteiger partial charge >= 0.3 is 0 Å². The molecule has 0 amide bonds. The summed E-state index contributed by atoms with van der Waals surface area (Å²) in [7, 11) is 0. The van der Waals surface area contributed by atoms with Crippen LogP contribution in [0.4, 0.5) is 0 Å². The van der Waals surface area contributed by atoms with Gasteiger partial charge < -0.3 is 4.90 Å². The topological polar surface area (TPSA) is 37.4 Å². The van der Waals surface area contributed by atoms with Crippen molar-refractivity contribution < 1.29 is 9.59 Å². The van der Waals surface area contributed by atoms with E-state index in [0.717, 1.165) is 38.9 Å². The third-order valence-corrected chi connectivity index (χ3v) is 4.79. The van der Waals surface area contributed by atoms with Gasteiger partial charge in [-0.1, -0.05) is 13.8 Å². The zero-order valence-corrected chi connectivity index (χ0v) is 12.4. The van der Waals surface area contributed by atoms with E-state index in [1.54, 1.807) is 0 Å². The Balaban J connectivity index is 1.97. The lowest BCUT2D eigenvalue weighted by Crippen LogP contribution is -2.47. The van der Waals surface area contributed by atoms with Crippen LogP contribution in [-0.2, 0) is 9.59 Å². The van der Waals surface area contributed by atoms with Gasteiger partial charge in [0.1, 0.15) is 11.6 Å². The lowest BCUT2D eigenvalue weighted by molar-refractivity contribution is -0.138. The number of hydrogen-bond acceptors (Lipinski definition) is 3. The number of nitrogens with zero attached hydrogens (tertiary/aromatic N) is 1. The van der Waals surface area contributed by atoms with E-state index in [1.165, 1.54) is 6.42 Å². The van der Waals surface area contributed by atoms with Gasteiger partial charge in [0.2, 0.25) is 0 Å². The molecule has 0 spiro atoms. The van der Waals surface area contributed by atoms with Gasteiger partial charge in [-0.05, 0) is 50.6 Å². The van der Waals surface area contributed by atoms with Crippen molar-refractivity contribution in [2.24, 2.45) is 17.8 Å². The summed E-state index contributed by atoms with van der Waals surface area (Å²) in [6.07, 6.45) is 5.25. The lowest BCUT2D eigenvalue weighted by atomic mass is 9.68. The van der Waals surface area contributed by atoms with Crippen molar-refractivity contribution in [3.8, 4) is 0 Å². The standard InChI is InChI=1S/C16H27NO2/c1-3-5-15(18)14-9-13-11-17(7-4-2)8-6-12(13)10-16(14)19/h12-14H,3-11H2,1-2H3. The molecule has 108 valence electrons. The monoisotopic (exact) mass is 265 g/mol. The first-order valence-electron chi connectivity index (χ1n) is 7.93. The summed E-state index contributed by atoms with van der Waals surface area (Å²) in [5.74, 6) is 1.26. The van der Waals surface area contributed by atoms with Crippen molar-refractivity contribution in [1.82, 2.24) is 4.90 Å². The summed E-state index contributed by atoms with van der Waals surface area (Å²) in [5, 5.41) is 0. The minimum atomic E-state index is -0.275. The molecule has 0 N–H and O–H groups in total. The van der Waals surface area contributed by atoms with Gasteiger partial charge in [0.05, 0.1) is 5.92 Å². The van der Waals surface area contributed by atoms with Crippen LogP contribution >= 0.6 is 0 Å². The summed E-state index contributed by atoms with van der Waals surface area (Å²) >= 11 is 0. The van der Waals surface area contributed by atoms with Crippen molar-refractivity contribution >= 4 is 11.6 Å². The number of piperidine rings is 1. The first-order valence-corrected chi connectivity index (χ1v) is 7.93. The van der Waals surface area contributed by atoms with E-state index < -0.39 is 0 Å². The molecule has 0 aromatic carbocycles. The first kappa shape index (κ1) is 14.7. The van der Waals surface area contributed by atoms with Crippen LogP contribution in [0.2, 0.25) is 0 Å². The van der Waals surface area contributed by atoms with Gasteiger partial charge in [-0.3, -0.25) is 9.59 Å². The summed E-state index contributed by atoms with van der Waals surface area (Å²) in [6.45, 7) is 7.62. The Morgan fingerprint density at radius 1 is 1.26 bits per heavy atom. The highest BCUT2D eigenvalue weighted by Crippen LogP contribution is 2.38. The van der Waals surface area contributed by atoms with Crippen LogP contribution in [0.15, 0.2) is 0 Å². The summed E-state index contributed by atoms with van der Waals surface area (Å²) in [5.41, 5.74) is 0. The van der Waals surface area contributed by atoms with Gasteiger partial charge in [-0.2, -0.15) is 0 Å². The second-order valence-electron chi connectivity index (χ2n) is 6.28. The second-order valence-corrected chi connectivity index (χ2v) is 6.28. The summed E-state index contributed by atoms with van der Waals surface area (Å²) < 4.78 is 0. The molecule has 3 heteroatoms. The Kier molecular flexibility index (Phi) is 5.14. The Bertz CT molecular complexity index is 340. The normalized spacial score (nSPS) is 32.1. The summed E-state index contributed by atoms with van der Waals surface area (Å²) in [4.78, 5) is 26.7. The molecule has 1 heterocycles. The maximum Gasteiger partial charge on any atom is 0.143 e. The molecular formula is C16H27NO2. The molecule has 2 rings (SSSR count). The maximum atomic E-state index is 12.1. The van der Waals surface area contributed by atoms with E-state index in [0.29, 0.717) is 24.7 Å². The number of Topliss-reactive ketones (excluding diaryl/α,β-unsaturated/α-hetero) is 2. The van der Waals surface area contributed by atoms with Crippen LogP contribution in [0.5, 0.6) is 0 Å². The SMILES string of the molecule is CCCC(=O)C1CC2CN(CCC)CCC2CC1=O. The lowest BCUT2D eigenvalue weighted by Gasteiger charge is -2.42. The Morgan fingerprint density at radius 2 is 2.05 bits per heavy atom. The third kappa shape index (κ3) is 3.44. The van der Waals surface area contributed by atoms with Crippen molar-refractivity contribution in [1.29, 1.82) is 0 Å². The number of carbonyl (C=O) groups is 2. The first-order chi connectivity index (χ1) is 9.15. The van der Waals surface area contributed by atoms with E-state index in [1.807, 2.05) is 6.92 Å². The fourth-order valence-corrected chi connectivity index (χ4v) is 3.78. The molecule has 19 heavy (non-hydrogen) atoms. The smallest absolute Gasteiger partial charge is 0.143 e. The van der Waals surface area contributed by atoms with E-state index in [2.05, 4.69) is 11.8 Å². The highest BCUT2D eigenvalue weighted by molar-refractivity contribution is 6.02. The van der Waals surface area contributed by atoms with Crippen molar-refractivity contribution in [3.63, 3.8) is 0 Å². The van der Waals surface area contributed by atoms with Crippen molar-refractivity contribution in [3.05, 3.63) is 0 Å². The third-order valence-electron chi connectivity index (χ3n) is 4.79. The van der Waals surface area contributed by atoms with Gasteiger partial charge in [0.25, 0.3) is 0 Å². The quantitative estimate of drug-likeness (QED) is 0.717. The molecule has 3 atom stereocenters. The molecule has 3 nitrogen and oxygen atoms in total. The molecule has 1 saturated heterocycles. The number of ketones is 2. The van der Waals surface area contributed by atoms with Gasteiger partial charge in [0, 0.05) is 19.4 Å². The molecule has 1 aliphatic heterocycles. The molecule has 2 fully saturated rings. The number of carbonyl (C=O) groups excluding carboxylic acids is 2. The van der Waals surface area contributed by atoms with Gasteiger partial charge in [-0.15, -0.1) is 0 Å². The van der Waals surface area contributed by atoms with Crippen LogP contribution in [0.1, 0.15) is 52.4 Å². The zero-order chi connectivity index (χ0) is 13.8. The number of likely N-dealkylation sites (tertiary alicyclic amines) is 1. The highest BCUT2D eigenvalue weighted by atomic mass is 16.1. The number of fused-ring (bicyclic) bond motifs is 1. The minimum absolute atomic E-state index is 0.193. The largest absolute Gasteiger partial charge is 0.303 e. The van der Waals surface area contributed by atoms with E-state index in [9.17, 15) is 9.59 Å². The average Bonchev–Trinajstić information content (AvgIpc) is 2.39. The van der Waals surface area contributed by atoms with E-state index >= 15 is 0 Å². The number of rotatable bonds is 5. The van der Waals surface area contributed by atoms with Crippen LogP contribution in [0.3, 0.4) is 0 Å². The van der Waals surface area contributed by atoms with Crippen LogP contribution in [0.25, 0.3) is 0 Å². The van der Waals surface area contributed by atoms with Crippen LogP contribution < -0.4 is 0 Å². The van der Waals surface area contributed by atoms with Crippen LogP contribution in [-0.4, -0.2) is 36.1 Å². The second kappa shape index (κ2) is 6.65. The predicted molar refractivity (Wildman–Crippen MR) is 76.0 cm³/mol. The van der Waals surface area contributed by atoms with Gasteiger partial charge in [0.15, 0.2) is 0 Å². The molecule has 2 aliphatic rings. The van der Waals surface area contributed by atoms with Crippen LogP contribution in [0, 0.1) is 17.8 Å². The van der Waals surface area contributed by atoms with Crippen molar-refractivity contribution in [2.75, 3.05) is 19.6 Å². The maximum absolute atomic E-state index is 12.1. The van der Waals surface area contributed by atoms with Gasteiger partial charge in [-0.25, -0.2) is 0 Å². The Labute approximate surface area is 116 Å². The minimum Gasteiger partial charge on any atom is -0.303 e. The van der Waals surface area contributed by atoms with E-state index in [-0.39, 0.29) is 17.5 Å². The summed E-state index contributed by atoms with van der Waals surface area (Å²) in [6, 6.07) is 0. The molecular weight excluding hydrogens is 238 g/mol. The average molecular weight is 265 g/mol. The number of hydrogen-bond donors (Lipinski definition) is 0. The van der Waals surface area contributed by atoms with E-state index in [4.69, 9.17) is 0 Å². The highest BCUT2D eigenvalue weighted by Gasteiger charge is 2.41. The van der Waals surface area contributed by atoms with Crippen molar-refractivity contribution in [2.45, 2.75) is 52.4 Å². The Morgan fingerprint density at radius 3 is 2.74 bits per heavy atom. The molecule has 1 saturated carbocycles. The fourth-order valence-electron chi connectivity index (χ4n) is 3.78. The Hall–Kier alpha value is -0.700. The molecule has 0 radical (unpaired) electrons. The molecule has 1 aliphatic carbocycles. The predicted octanol–water partition coefficient (Wildman–Crippen LogP) is 2.68.